The van der Waals surface area contributed by atoms with Crippen molar-refractivity contribution in [3.8, 4) is 5.75 Å². The highest BCUT2D eigenvalue weighted by molar-refractivity contribution is 5.92. The highest BCUT2D eigenvalue weighted by atomic mass is 35.5. The van der Waals surface area contributed by atoms with Crippen LogP contribution in [0.2, 0.25) is 0 Å². The number of rotatable bonds is 10. The molecule has 0 radical (unpaired) electrons. The topological polar surface area (TPSA) is 146 Å². The Hall–Kier alpha value is -3.33. The van der Waals surface area contributed by atoms with Gasteiger partial charge in [0, 0.05) is 11.9 Å². The highest BCUT2D eigenvalue weighted by Gasteiger charge is 2.26. The average Bonchev–Trinajstić information content (AvgIpc) is 2.81. The van der Waals surface area contributed by atoms with Crippen LogP contribution in [0.1, 0.15) is 18.4 Å². The number of nitrogens with two attached hydrogens (primary N) is 3. The predicted molar refractivity (Wildman–Crippen MR) is 144 cm³/mol. The van der Waals surface area contributed by atoms with Crippen molar-refractivity contribution < 1.29 is 14.3 Å². The van der Waals surface area contributed by atoms with Crippen LogP contribution in [-0.2, 0) is 16.0 Å². The molecule has 0 saturated heterocycles. The zero-order valence-electron chi connectivity index (χ0n) is 19.1. The van der Waals surface area contributed by atoms with Crippen molar-refractivity contribution in [2.45, 2.75) is 31.3 Å². The van der Waals surface area contributed by atoms with Crippen LogP contribution >= 0.6 is 24.8 Å². The molecule has 0 aliphatic carbocycles. The van der Waals surface area contributed by atoms with Crippen molar-refractivity contribution in [3.05, 3.63) is 78.4 Å². The Labute approximate surface area is 217 Å². The number of guanidine groups is 1. The van der Waals surface area contributed by atoms with Gasteiger partial charge in [-0.05, 0) is 36.3 Å². The first-order valence-corrected chi connectivity index (χ1v) is 10.8. The molecule has 0 spiro atoms. The van der Waals surface area contributed by atoms with E-state index in [-0.39, 0.29) is 30.8 Å². The van der Waals surface area contributed by atoms with E-state index < -0.39 is 24.0 Å². The molecule has 0 aromatic heterocycles. The molecular formula is C25H31Cl2N5O3. The SMILES string of the molecule is Cl.Cl.NC(N)=NCCC[C@H](NC(=O)[C@@H](N)Cc1ccccc1)C(=O)Oc1cccc2ccccc12. The number of carbonyl (C=O) groups excluding carboxylic acids is 2. The quantitative estimate of drug-likeness (QED) is 0.106. The molecule has 1 amide bonds. The maximum atomic E-state index is 13.0. The molecule has 0 unspecified atom stereocenters. The molecule has 0 aliphatic heterocycles. The van der Waals surface area contributed by atoms with E-state index in [1.54, 1.807) is 6.07 Å². The Morgan fingerprint density at radius 3 is 2.29 bits per heavy atom. The molecule has 3 aromatic carbocycles. The summed E-state index contributed by atoms with van der Waals surface area (Å²) in [6.45, 7) is 0.326. The zero-order chi connectivity index (χ0) is 23.6. The molecule has 0 aliphatic rings. The maximum absolute atomic E-state index is 13.0. The monoisotopic (exact) mass is 519 g/mol. The van der Waals surface area contributed by atoms with Gasteiger partial charge in [0.05, 0.1) is 6.04 Å². The van der Waals surface area contributed by atoms with Crippen LogP contribution in [0.3, 0.4) is 0 Å². The molecule has 0 bridgehead atoms. The van der Waals surface area contributed by atoms with Gasteiger partial charge in [-0.15, -0.1) is 24.8 Å². The molecule has 3 rings (SSSR count). The third-order valence-electron chi connectivity index (χ3n) is 5.14. The zero-order valence-corrected chi connectivity index (χ0v) is 20.8. The van der Waals surface area contributed by atoms with Gasteiger partial charge in [0.1, 0.15) is 11.8 Å². The van der Waals surface area contributed by atoms with Gasteiger partial charge in [0.2, 0.25) is 5.91 Å². The minimum Gasteiger partial charge on any atom is -0.424 e. The van der Waals surface area contributed by atoms with Crippen LogP contribution in [0.25, 0.3) is 10.8 Å². The van der Waals surface area contributed by atoms with Gasteiger partial charge >= 0.3 is 5.97 Å². The minimum absolute atomic E-state index is 0. The Morgan fingerprint density at radius 2 is 1.57 bits per heavy atom. The summed E-state index contributed by atoms with van der Waals surface area (Å²) in [5, 5.41) is 4.49. The van der Waals surface area contributed by atoms with Crippen LogP contribution in [0.5, 0.6) is 5.75 Å². The number of fused-ring (bicyclic) bond motifs is 1. The first-order valence-electron chi connectivity index (χ1n) is 10.8. The Balaban J connectivity index is 0.00000306. The number of aliphatic imine (C=N–C) groups is 1. The van der Waals surface area contributed by atoms with E-state index in [1.165, 1.54) is 0 Å². The molecule has 10 heteroatoms. The van der Waals surface area contributed by atoms with Gasteiger partial charge in [-0.1, -0.05) is 66.7 Å². The Kier molecular flexibility index (Phi) is 12.6. The van der Waals surface area contributed by atoms with Crippen molar-refractivity contribution in [1.29, 1.82) is 0 Å². The van der Waals surface area contributed by atoms with Crippen molar-refractivity contribution >= 4 is 53.4 Å². The van der Waals surface area contributed by atoms with E-state index in [2.05, 4.69) is 10.3 Å². The third kappa shape index (κ3) is 9.09. The third-order valence-corrected chi connectivity index (χ3v) is 5.14. The summed E-state index contributed by atoms with van der Waals surface area (Å²) in [5.74, 6) is -0.606. The number of nitrogens with zero attached hydrogens (tertiary/aromatic N) is 1. The average molecular weight is 520 g/mol. The van der Waals surface area contributed by atoms with Crippen molar-refractivity contribution in [2.75, 3.05) is 6.54 Å². The smallest absolute Gasteiger partial charge is 0.334 e. The molecule has 7 N–H and O–H groups in total. The van der Waals surface area contributed by atoms with E-state index in [1.807, 2.05) is 66.7 Å². The predicted octanol–water partition coefficient (Wildman–Crippen LogP) is 2.70. The molecule has 0 saturated carbocycles. The van der Waals surface area contributed by atoms with Gasteiger partial charge in [0.15, 0.2) is 5.96 Å². The summed E-state index contributed by atoms with van der Waals surface area (Å²) >= 11 is 0. The second-order valence-corrected chi connectivity index (χ2v) is 7.70. The lowest BCUT2D eigenvalue weighted by Gasteiger charge is -2.20. The number of esters is 1. The van der Waals surface area contributed by atoms with E-state index in [4.69, 9.17) is 21.9 Å². The Morgan fingerprint density at radius 1 is 0.914 bits per heavy atom. The molecule has 8 nitrogen and oxygen atoms in total. The first-order chi connectivity index (χ1) is 15.9. The maximum Gasteiger partial charge on any atom is 0.334 e. The van der Waals surface area contributed by atoms with Crippen LogP contribution in [0.4, 0.5) is 0 Å². The molecule has 3 aromatic rings. The number of nitrogens with one attached hydrogen (secondary N) is 1. The number of benzene rings is 3. The van der Waals surface area contributed by atoms with Gasteiger partial charge in [-0.25, -0.2) is 4.79 Å². The fraction of sp³-hybridized carbons (Fsp3) is 0.240. The number of ether oxygens (including phenoxy) is 1. The van der Waals surface area contributed by atoms with Crippen molar-refractivity contribution in [1.82, 2.24) is 5.32 Å². The van der Waals surface area contributed by atoms with Crippen molar-refractivity contribution in [2.24, 2.45) is 22.2 Å². The van der Waals surface area contributed by atoms with Gasteiger partial charge in [0.25, 0.3) is 0 Å². The van der Waals surface area contributed by atoms with Crippen LogP contribution < -0.4 is 27.3 Å². The van der Waals surface area contributed by atoms with Crippen molar-refractivity contribution in [3.63, 3.8) is 0 Å². The normalized spacial score (nSPS) is 11.8. The highest BCUT2D eigenvalue weighted by Crippen LogP contribution is 2.25. The molecule has 0 heterocycles. The number of hydrogen-bond donors (Lipinski definition) is 4. The molecular weight excluding hydrogens is 489 g/mol. The largest absolute Gasteiger partial charge is 0.424 e. The number of amides is 1. The number of hydrogen-bond acceptors (Lipinski definition) is 5. The summed E-state index contributed by atoms with van der Waals surface area (Å²) in [4.78, 5) is 29.7. The minimum atomic E-state index is -0.896. The second-order valence-electron chi connectivity index (χ2n) is 7.70. The summed E-state index contributed by atoms with van der Waals surface area (Å²) in [6, 6.07) is 20.8. The van der Waals surface area contributed by atoms with Crippen LogP contribution in [0, 0.1) is 0 Å². The summed E-state index contributed by atoms with van der Waals surface area (Å²) in [7, 11) is 0. The molecule has 188 valence electrons. The van der Waals surface area contributed by atoms with E-state index in [0.717, 1.165) is 16.3 Å². The van der Waals surface area contributed by atoms with Gasteiger partial charge in [-0.3, -0.25) is 9.79 Å². The fourth-order valence-corrected chi connectivity index (χ4v) is 3.46. The van der Waals surface area contributed by atoms with E-state index >= 15 is 0 Å². The van der Waals surface area contributed by atoms with Gasteiger partial charge in [-0.2, -0.15) is 0 Å². The lowest BCUT2D eigenvalue weighted by molar-refractivity contribution is -0.139. The van der Waals surface area contributed by atoms with E-state index in [9.17, 15) is 9.59 Å². The lowest BCUT2D eigenvalue weighted by atomic mass is 10.0. The van der Waals surface area contributed by atoms with E-state index in [0.29, 0.717) is 31.6 Å². The van der Waals surface area contributed by atoms with Crippen LogP contribution in [-0.4, -0.2) is 36.5 Å². The molecule has 0 fully saturated rings. The second kappa shape index (κ2) is 14.8. The fourth-order valence-electron chi connectivity index (χ4n) is 3.46. The van der Waals surface area contributed by atoms with Crippen LogP contribution in [0.15, 0.2) is 77.8 Å². The lowest BCUT2D eigenvalue weighted by Crippen LogP contribution is -2.50. The summed E-state index contributed by atoms with van der Waals surface area (Å²) < 4.78 is 5.69. The number of halogens is 2. The van der Waals surface area contributed by atoms with Gasteiger partial charge < -0.3 is 27.3 Å². The molecule has 35 heavy (non-hydrogen) atoms. The Bertz CT molecular complexity index is 1120. The summed E-state index contributed by atoms with van der Waals surface area (Å²) in [5.41, 5.74) is 17.8. The first kappa shape index (κ1) is 29.7. The molecule has 2 atom stereocenters. The number of carbonyl (C=O) groups is 2. The standard InChI is InChI=1S/C25H29N5O3.2ClH/c26-20(16-17-8-2-1-3-9-17)23(31)30-21(13-7-15-29-25(27)28)24(32)33-22-14-6-11-18-10-4-5-12-19(18)22;;/h1-6,8-12,14,20-21H,7,13,15-16,26H2,(H,30,31)(H4,27,28,29);2*1H/t20-,21-;;/m0../s1. The summed E-state index contributed by atoms with van der Waals surface area (Å²) in [6.07, 6.45) is 1.12.